The Hall–Kier alpha value is -1.61. The van der Waals surface area contributed by atoms with Crippen molar-refractivity contribution in [1.82, 2.24) is 4.90 Å². The van der Waals surface area contributed by atoms with E-state index >= 15 is 0 Å². The summed E-state index contributed by atoms with van der Waals surface area (Å²) in [6, 6.07) is 14.6. The molecule has 1 aliphatic rings. The lowest BCUT2D eigenvalue weighted by Crippen LogP contribution is -2.30. The molecular formula is C17H19NOS. The molecule has 1 aromatic heterocycles. The first-order valence-corrected chi connectivity index (χ1v) is 7.97. The van der Waals surface area contributed by atoms with Gasteiger partial charge in [0.2, 0.25) is 5.91 Å². The first-order chi connectivity index (χ1) is 9.74. The number of thiophene rings is 1. The number of hydrogen-bond donors (Lipinski definition) is 0. The smallest absolute Gasteiger partial charge is 0.227 e. The van der Waals surface area contributed by atoms with Crippen molar-refractivity contribution in [3.63, 3.8) is 0 Å². The van der Waals surface area contributed by atoms with Gasteiger partial charge in [0, 0.05) is 23.9 Å². The summed E-state index contributed by atoms with van der Waals surface area (Å²) in [6.07, 6.45) is 0.548. The van der Waals surface area contributed by atoms with Crippen LogP contribution >= 0.6 is 11.3 Å². The van der Waals surface area contributed by atoms with E-state index < -0.39 is 0 Å². The van der Waals surface area contributed by atoms with Gasteiger partial charge < -0.3 is 4.90 Å². The van der Waals surface area contributed by atoms with Gasteiger partial charge in [0.15, 0.2) is 0 Å². The molecule has 0 bridgehead atoms. The fraction of sp³-hybridized carbons (Fsp3) is 0.353. The van der Waals surface area contributed by atoms with Gasteiger partial charge in [-0.1, -0.05) is 43.3 Å². The molecule has 0 N–H and O–H groups in total. The highest BCUT2D eigenvalue weighted by Crippen LogP contribution is 2.32. The van der Waals surface area contributed by atoms with Crippen LogP contribution in [0.25, 0.3) is 0 Å². The monoisotopic (exact) mass is 285 g/mol. The minimum absolute atomic E-state index is 0.262. The maximum atomic E-state index is 12.4. The molecule has 0 aliphatic carbocycles. The third kappa shape index (κ3) is 2.78. The van der Waals surface area contributed by atoms with E-state index in [0.29, 0.717) is 18.3 Å². The number of amides is 1. The van der Waals surface area contributed by atoms with E-state index in [1.165, 1.54) is 5.56 Å². The van der Waals surface area contributed by atoms with Gasteiger partial charge in [-0.15, -0.1) is 11.3 Å². The van der Waals surface area contributed by atoms with E-state index in [4.69, 9.17) is 0 Å². The number of carbonyl (C=O) groups is 1. The summed E-state index contributed by atoms with van der Waals surface area (Å²) in [4.78, 5) is 15.6. The van der Waals surface area contributed by atoms with Crippen LogP contribution in [-0.2, 0) is 11.2 Å². The van der Waals surface area contributed by atoms with Crippen LogP contribution in [0, 0.1) is 5.92 Å². The zero-order valence-electron chi connectivity index (χ0n) is 11.7. The van der Waals surface area contributed by atoms with Crippen LogP contribution in [0.1, 0.15) is 23.3 Å². The van der Waals surface area contributed by atoms with Crippen molar-refractivity contribution in [2.75, 3.05) is 13.1 Å². The Kier molecular flexibility index (Phi) is 3.88. The van der Waals surface area contributed by atoms with Crippen LogP contribution < -0.4 is 0 Å². The Morgan fingerprint density at radius 3 is 2.70 bits per heavy atom. The van der Waals surface area contributed by atoms with Crippen molar-refractivity contribution < 1.29 is 4.79 Å². The second-order valence-corrected chi connectivity index (χ2v) is 6.58. The minimum Gasteiger partial charge on any atom is -0.341 e. The second-order valence-electron chi connectivity index (χ2n) is 5.55. The van der Waals surface area contributed by atoms with Gasteiger partial charge in [-0.2, -0.15) is 0 Å². The summed E-state index contributed by atoms with van der Waals surface area (Å²) in [7, 11) is 0. The number of nitrogens with zero attached hydrogens (tertiary/aromatic N) is 1. The SMILES string of the molecule is CC1CN(C(=O)Cc2cccs2)CC1c1ccccc1. The van der Waals surface area contributed by atoms with Gasteiger partial charge in [-0.3, -0.25) is 4.79 Å². The Morgan fingerprint density at radius 2 is 2.00 bits per heavy atom. The summed E-state index contributed by atoms with van der Waals surface area (Å²) in [5, 5.41) is 2.03. The molecule has 3 rings (SSSR count). The standard InChI is InChI=1S/C17H19NOS/c1-13-11-18(17(19)10-15-8-5-9-20-15)12-16(13)14-6-3-2-4-7-14/h2-9,13,16H,10-12H2,1H3. The van der Waals surface area contributed by atoms with Gasteiger partial charge in [0.05, 0.1) is 6.42 Å². The number of carbonyl (C=O) groups excluding carboxylic acids is 1. The Morgan fingerprint density at radius 1 is 1.20 bits per heavy atom. The molecule has 2 heterocycles. The first-order valence-electron chi connectivity index (χ1n) is 7.09. The normalized spacial score (nSPS) is 22.1. The molecule has 0 radical (unpaired) electrons. The average molecular weight is 285 g/mol. The molecule has 1 fully saturated rings. The van der Waals surface area contributed by atoms with Gasteiger partial charge in [0.1, 0.15) is 0 Å². The van der Waals surface area contributed by atoms with Crippen LogP contribution in [0.3, 0.4) is 0 Å². The van der Waals surface area contributed by atoms with E-state index in [1.807, 2.05) is 28.5 Å². The first kappa shape index (κ1) is 13.4. The summed E-state index contributed by atoms with van der Waals surface area (Å²) in [5.74, 6) is 1.27. The van der Waals surface area contributed by atoms with Crippen LogP contribution in [0.4, 0.5) is 0 Å². The lowest BCUT2D eigenvalue weighted by atomic mass is 9.90. The van der Waals surface area contributed by atoms with Gasteiger partial charge in [-0.25, -0.2) is 0 Å². The molecule has 2 unspecified atom stereocenters. The van der Waals surface area contributed by atoms with Crippen molar-refractivity contribution in [2.24, 2.45) is 5.92 Å². The highest BCUT2D eigenvalue weighted by molar-refractivity contribution is 7.10. The van der Waals surface area contributed by atoms with Gasteiger partial charge in [-0.05, 0) is 22.9 Å². The number of benzene rings is 1. The Labute approximate surface area is 124 Å². The molecule has 0 spiro atoms. The number of rotatable bonds is 3. The molecular weight excluding hydrogens is 266 g/mol. The van der Waals surface area contributed by atoms with Crippen molar-refractivity contribution in [2.45, 2.75) is 19.3 Å². The zero-order chi connectivity index (χ0) is 13.9. The highest BCUT2D eigenvalue weighted by Gasteiger charge is 2.33. The van der Waals surface area contributed by atoms with Crippen molar-refractivity contribution in [1.29, 1.82) is 0 Å². The summed E-state index contributed by atoms with van der Waals surface area (Å²) >= 11 is 1.66. The topological polar surface area (TPSA) is 20.3 Å². The highest BCUT2D eigenvalue weighted by atomic mass is 32.1. The molecule has 1 saturated heterocycles. The van der Waals surface area contributed by atoms with E-state index in [-0.39, 0.29) is 5.91 Å². The number of likely N-dealkylation sites (tertiary alicyclic amines) is 1. The fourth-order valence-corrected chi connectivity index (χ4v) is 3.67. The van der Waals surface area contributed by atoms with E-state index in [9.17, 15) is 4.79 Å². The predicted molar refractivity (Wildman–Crippen MR) is 83.0 cm³/mol. The third-order valence-electron chi connectivity index (χ3n) is 4.10. The molecule has 1 aliphatic heterocycles. The fourth-order valence-electron chi connectivity index (χ4n) is 2.98. The van der Waals surface area contributed by atoms with Crippen LogP contribution in [0.2, 0.25) is 0 Å². The van der Waals surface area contributed by atoms with E-state index in [0.717, 1.165) is 18.0 Å². The zero-order valence-corrected chi connectivity index (χ0v) is 12.5. The maximum Gasteiger partial charge on any atom is 0.227 e. The Bertz CT molecular complexity index is 564. The molecule has 2 atom stereocenters. The van der Waals surface area contributed by atoms with E-state index in [1.54, 1.807) is 11.3 Å². The average Bonchev–Trinajstić information content (AvgIpc) is 3.09. The second kappa shape index (κ2) is 5.80. The van der Waals surface area contributed by atoms with Crippen molar-refractivity contribution >= 4 is 17.2 Å². The molecule has 2 aromatic rings. The summed E-state index contributed by atoms with van der Waals surface area (Å²) in [5.41, 5.74) is 1.35. The van der Waals surface area contributed by atoms with Gasteiger partial charge in [0.25, 0.3) is 0 Å². The molecule has 20 heavy (non-hydrogen) atoms. The van der Waals surface area contributed by atoms with Gasteiger partial charge >= 0.3 is 0 Å². The lowest BCUT2D eigenvalue weighted by molar-refractivity contribution is -0.129. The minimum atomic E-state index is 0.262. The molecule has 104 valence electrons. The molecule has 3 heteroatoms. The molecule has 2 nitrogen and oxygen atoms in total. The predicted octanol–water partition coefficient (Wildman–Crippen LogP) is 3.55. The quantitative estimate of drug-likeness (QED) is 0.844. The van der Waals surface area contributed by atoms with Crippen molar-refractivity contribution in [3.05, 3.63) is 58.3 Å². The maximum absolute atomic E-state index is 12.4. The largest absolute Gasteiger partial charge is 0.341 e. The number of hydrogen-bond acceptors (Lipinski definition) is 2. The van der Waals surface area contributed by atoms with E-state index in [2.05, 4.69) is 31.2 Å². The summed E-state index contributed by atoms with van der Waals surface area (Å²) in [6.45, 7) is 3.98. The molecule has 1 aromatic carbocycles. The van der Waals surface area contributed by atoms with Crippen LogP contribution in [-0.4, -0.2) is 23.9 Å². The lowest BCUT2D eigenvalue weighted by Gasteiger charge is -2.16. The molecule has 0 saturated carbocycles. The van der Waals surface area contributed by atoms with Crippen molar-refractivity contribution in [3.8, 4) is 0 Å². The Balaban J connectivity index is 1.67. The van der Waals surface area contributed by atoms with Crippen LogP contribution in [0.15, 0.2) is 47.8 Å². The molecule has 1 amide bonds. The summed E-state index contributed by atoms with van der Waals surface area (Å²) < 4.78 is 0. The third-order valence-corrected chi connectivity index (χ3v) is 4.97. The van der Waals surface area contributed by atoms with Crippen LogP contribution in [0.5, 0.6) is 0 Å².